The number of hydrogen-bond donors (Lipinski definition) is 2. The third kappa shape index (κ3) is 5.70. The van der Waals surface area contributed by atoms with E-state index in [-0.39, 0.29) is 11.5 Å². The summed E-state index contributed by atoms with van der Waals surface area (Å²) in [5, 5.41) is 7.12. The molecule has 32 heavy (non-hydrogen) atoms. The maximum atomic E-state index is 12.9. The minimum absolute atomic E-state index is 0.156. The minimum atomic E-state index is -4.42. The van der Waals surface area contributed by atoms with Gasteiger partial charge in [-0.3, -0.25) is 0 Å². The van der Waals surface area contributed by atoms with E-state index in [4.69, 9.17) is 4.74 Å². The van der Waals surface area contributed by atoms with Gasteiger partial charge in [-0.1, -0.05) is 30.3 Å². The van der Waals surface area contributed by atoms with Gasteiger partial charge in [-0.05, 0) is 29.8 Å². The number of benzene rings is 2. The van der Waals surface area contributed by atoms with E-state index < -0.39 is 11.7 Å². The van der Waals surface area contributed by atoms with Crippen LogP contribution in [0.15, 0.2) is 59.7 Å². The van der Waals surface area contributed by atoms with Crippen LogP contribution in [0.1, 0.15) is 11.1 Å². The largest absolute Gasteiger partial charge is 0.416 e. The number of para-hydroxylation sites is 1. The molecule has 0 unspecified atom stereocenters. The van der Waals surface area contributed by atoms with Crippen LogP contribution >= 0.6 is 0 Å². The van der Waals surface area contributed by atoms with Crippen LogP contribution in [0.25, 0.3) is 0 Å². The highest BCUT2D eigenvalue weighted by molar-refractivity contribution is 5.80. The number of halogens is 3. The molecule has 1 fully saturated rings. The zero-order chi connectivity index (χ0) is 22.4. The number of nitrogens with one attached hydrogen (secondary N) is 2. The van der Waals surface area contributed by atoms with E-state index in [1.54, 1.807) is 0 Å². The Morgan fingerprint density at radius 3 is 2.44 bits per heavy atom. The smallest absolute Gasteiger partial charge is 0.378 e. The second-order valence-electron chi connectivity index (χ2n) is 6.87. The van der Waals surface area contributed by atoms with Crippen LogP contribution in [0, 0.1) is 0 Å². The Labute approximate surface area is 182 Å². The zero-order valence-corrected chi connectivity index (χ0v) is 16.9. The maximum absolute atomic E-state index is 12.9. The summed E-state index contributed by atoms with van der Waals surface area (Å²) in [4.78, 5) is 15.1. The van der Waals surface area contributed by atoms with Gasteiger partial charge in [-0.25, -0.2) is 5.43 Å². The topological polar surface area (TPSA) is 87.6 Å². The molecule has 0 bridgehead atoms. The fourth-order valence-electron chi connectivity index (χ4n) is 2.99. The number of rotatable bonds is 6. The first kappa shape index (κ1) is 21.5. The predicted molar refractivity (Wildman–Crippen MR) is 115 cm³/mol. The average molecular weight is 443 g/mol. The Morgan fingerprint density at radius 1 is 0.938 bits per heavy atom. The van der Waals surface area contributed by atoms with E-state index >= 15 is 0 Å². The van der Waals surface area contributed by atoms with Crippen LogP contribution in [0.5, 0.6) is 0 Å². The molecule has 0 atom stereocenters. The van der Waals surface area contributed by atoms with Crippen molar-refractivity contribution in [2.75, 3.05) is 41.9 Å². The van der Waals surface area contributed by atoms with Crippen LogP contribution in [0.4, 0.5) is 36.7 Å². The number of alkyl halides is 3. The van der Waals surface area contributed by atoms with Crippen molar-refractivity contribution in [3.63, 3.8) is 0 Å². The molecular formula is C21H20F3N7O. The van der Waals surface area contributed by atoms with Crippen molar-refractivity contribution in [3.8, 4) is 0 Å². The van der Waals surface area contributed by atoms with Gasteiger partial charge in [-0.2, -0.15) is 33.2 Å². The molecule has 0 spiro atoms. The lowest BCUT2D eigenvalue weighted by molar-refractivity contribution is -0.137. The van der Waals surface area contributed by atoms with E-state index in [9.17, 15) is 13.2 Å². The first-order valence-electron chi connectivity index (χ1n) is 9.84. The molecule has 3 aromatic rings. The Kier molecular flexibility index (Phi) is 6.45. The van der Waals surface area contributed by atoms with Crippen LogP contribution in [0.2, 0.25) is 0 Å². The van der Waals surface area contributed by atoms with Crippen molar-refractivity contribution in [2.45, 2.75) is 6.18 Å². The summed E-state index contributed by atoms with van der Waals surface area (Å²) in [6.45, 7) is 2.37. The molecule has 1 saturated heterocycles. The molecule has 1 aliphatic heterocycles. The fraction of sp³-hybridized carbons (Fsp3) is 0.238. The highest BCUT2D eigenvalue weighted by atomic mass is 19.4. The van der Waals surface area contributed by atoms with Crippen molar-refractivity contribution in [1.82, 2.24) is 15.0 Å². The van der Waals surface area contributed by atoms with Crippen LogP contribution in [-0.2, 0) is 10.9 Å². The lowest BCUT2D eigenvalue weighted by atomic mass is 10.1. The summed E-state index contributed by atoms with van der Waals surface area (Å²) in [5.41, 5.74) is 3.03. The Morgan fingerprint density at radius 2 is 1.69 bits per heavy atom. The lowest BCUT2D eigenvalue weighted by Gasteiger charge is -2.27. The molecule has 1 aromatic heterocycles. The molecule has 0 saturated carbocycles. The average Bonchev–Trinajstić information content (AvgIpc) is 2.80. The van der Waals surface area contributed by atoms with Gasteiger partial charge in [0.05, 0.1) is 25.0 Å². The van der Waals surface area contributed by atoms with Gasteiger partial charge in [0.15, 0.2) is 0 Å². The van der Waals surface area contributed by atoms with Crippen molar-refractivity contribution in [3.05, 3.63) is 65.7 Å². The van der Waals surface area contributed by atoms with E-state index in [1.807, 2.05) is 35.2 Å². The van der Waals surface area contributed by atoms with Crippen molar-refractivity contribution in [2.24, 2.45) is 5.10 Å². The van der Waals surface area contributed by atoms with E-state index in [0.29, 0.717) is 38.2 Å². The quantitative estimate of drug-likeness (QED) is 0.441. The van der Waals surface area contributed by atoms with Crippen LogP contribution < -0.4 is 15.6 Å². The lowest BCUT2D eigenvalue weighted by Crippen LogP contribution is -2.37. The molecule has 0 radical (unpaired) electrons. The predicted octanol–water partition coefficient (Wildman–Crippen LogP) is 3.92. The third-order valence-electron chi connectivity index (χ3n) is 4.54. The molecule has 0 amide bonds. The molecular weight excluding hydrogens is 423 g/mol. The molecule has 2 heterocycles. The Hall–Kier alpha value is -3.73. The molecule has 11 heteroatoms. The number of aromatic nitrogens is 3. The Bertz CT molecular complexity index is 1070. The van der Waals surface area contributed by atoms with Crippen molar-refractivity contribution < 1.29 is 17.9 Å². The number of anilines is 4. The van der Waals surface area contributed by atoms with Crippen molar-refractivity contribution >= 4 is 29.7 Å². The number of hydrogen-bond acceptors (Lipinski definition) is 8. The highest BCUT2D eigenvalue weighted by Crippen LogP contribution is 2.29. The van der Waals surface area contributed by atoms with Gasteiger partial charge in [0.25, 0.3) is 0 Å². The maximum Gasteiger partial charge on any atom is 0.416 e. The first-order chi connectivity index (χ1) is 15.5. The normalized spacial score (nSPS) is 14.5. The fourth-order valence-corrected chi connectivity index (χ4v) is 2.99. The highest BCUT2D eigenvalue weighted by Gasteiger charge is 2.30. The van der Waals surface area contributed by atoms with Crippen molar-refractivity contribution in [1.29, 1.82) is 0 Å². The first-order valence-corrected chi connectivity index (χ1v) is 9.84. The second kappa shape index (κ2) is 9.60. The number of ether oxygens (including phenoxy) is 1. The third-order valence-corrected chi connectivity index (χ3v) is 4.54. The summed E-state index contributed by atoms with van der Waals surface area (Å²) in [6, 6.07) is 14.3. The van der Waals surface area contributed by atoms with Gasteiger partial charge in [0.1, 0.15) is 0 Å². The number of hydrazone groups is 1. The van der Waals surface area contributed by atoms with Gasteiger partial charge >= 0.3 is 6.18 Å². The molecule has 8 nitrogen and oxygen atoms in total. The molecule has 2 N–H and O–H groups in total. The monoisotopic (exact) mass is 443 g/mol. The zero-order valence-electron chi connectivity index (χ0n) is 16.9. The standard InChI is InChI=1S/C21H20F3N7O/c22-21(23,24)16-6-4-5-15(13-16)14-25-30-19-27-18(26-17-7-2-1-3-8-17)28-20(29-19)31-9-11-32-12-10-31/h1-8,13-14H,9-12H2,(H2,26,27,28,29,30). The molecule has 166 valence electrons. The SMILES string of the molecule is FC(F)(F)c1cccc(C=NNc2nc(Nc3ccccc3)nc(N3CCOCC3)n2)c1. The summed E-state index contributed by atoms with van der Waals surface area (Å²) in [5.74, 6) is 0.908. The van der Waals surface area contributed by atoms with Crippen LogP contribution in [-0.4, -0.2) is 47.5 Å². The number of nitrogens with zero attached hydrogens (tertiary/aromatic N) is 5. The molecule has 4 rings (SSSR count). The molecule has 0 aliphatic carbocycles. The summed E-state index contributed by atoms with van der Waals surface area (Å²) in [6.07, 6.45) is -3.14. The van der Waals surface area contributed by atoms with E-state index in [2.05, 4.69) is 30.8 Å². The molecule has 1 aliphatic rings. The molecule has 2 aromatic carbocycles. The van der Waals surface area contributed by atoms with Gasteiger partial charge in [0, 0.05) is 18.8 Å². The second-order valence-corrected chi connectivity index (χ2v) is 6.87. The van der Waals surface area contributed by atoms with Gasteiger partial charge < -0.3 is 15.0 Å². The van der Waals surface area contributed by atoms with E-state index in [0.717, 1.165) is 17.8 Å². The Balaban J connectivity index is 1.55. The van der Waals surface area contributed by atoms with Crippen LogP contribution in [0.3, 0.4) is 0 Å². The summed E-state index contributed by atoms with van der Waals surface area (Å²) >= 11 is 0. The summed E-state index contributed by atoms with van der Waals surface area (Å²) in [7, 11) is 0. The van der Waals surface area contributed by atoms with E-state index in [1.165, 1.54) is 18.3 Å². The van der Waals surface area contributed by atoms with Gasteiger partial charge in [-0.15, -0.1) is 0 Å². The minimum Gasteiger partial charge on any atom is -0.378 e. The summed E-state index contributed by atoms with van der Waals surface area (Å²) < 4.78 is 44.1. The number of morpholine rings is 1. The van der Waals surface area contributed by atoms with Gasteiger partial charge in [0.2, 0.25) is 17.8 Å².